The fourth-order valence-corrected chi connectivity index (χ4v) is 15.8. The average Bonchev–Trinajstić information content (AvgIpc) is 2.90. The van der Waals surface area contributed by atoms with E-state index >= 15 is 0 Å². The van der Waals surface area contributed by atoms with E-state index in [2.05, 4.69) is 79.5 Å². The second-order valence-corrected chi connectivity index (χ2v) is 20.8. The van der Waals surface area contributed by atoms with Gasteiger partial charge in [-0.2, -0.15) is 0 Å². The quantitative estimate of drug-likeness (QED) is 0.105. The number of carbonyl (C=O) groups excluding carboxylic acids is 2. The molecule has 0 aliphatic carbocycles. The van der Waals surface area contributed by atoms with E-state index in [0.29, 0.717) is 0 Å². The molecule has 0 N–H and O–H groups in total. The number of rotatable bonds is 22. The van der Waals surface area contributed by atoms with Crippen molar-refractivity contribution < 1.29 is 19.8 Å². The summed E-state index contributed by atoms with van der Waals surface area (Å²) < 4.78 is 0. The number of aliphatic carboxylic acids is 2. The molecule has 0 spiro atoms. The maximum Gasteiger partial charge on any atom is 0.111 e. The molecule has 0 heterocycles. The van der Waals surface area contributed by atoms with E-state index in [-0.39, 0.29) is 0 Å². The Balaban J connectivity index is -0.000000569. The Kier molecular flexibility index (Phi) is 31.8. The molecule has 0 radical (unpaired) electrons. The fraction of sp³-hybridized carbons (Fsp3) is 0.938. The van der Waals surface area contributed by atoms with Crippen molar-refractivity contribution in [3.8, 4) is 0 Å². The second kappa shape index (κ2) is 28.8. The summed E-state index contributed by atoms with van der Waals surface area (Å²) in [6.45, 7) is 14.0. The topological polar surface area (TPSA) is 86.7 Å². The number of hydrogen-bond acceptors (Lipinski definition) is 6. The Labute approximate surface area is 252 Å². The number of carboxylic acids is 2. The van der Waals surface area contributed by atoms with Gasteiger partial charge in [-0.3, -0.25) is 9.80 Å². The Morgan fingerprint density at radius 1 is 0.450 bits per heavy atom. The van der Waals surface area contributed by atoms with Gasteiger partial charge in [0.05, 0.1) is 48.9 Å². The molecule has 0 aromatic carbocycles. The van der Waals surface area contributed by atoms with Crippen LogP contribution in [0, 0.1) is 0 Å². The van der Waals surface area contributed by atoms with Crippen LogP contribution in [0.25, 0.3) is 0 Å². The molecule has 0 aliphatic rings. The van der Waals surface area contributed by atoms with Crippen molar-refractivity contribution in [3.05, 3.63) is 0 Å². The standard InChI is InChI=1S/2C15H35NP.C2H2O4/c2*1-6-9-12-17(13-10-7-2,14-11-8-3)15-16(4)5;3-1(4)2(5)6/h2*6-15H2,1-5H3;(H,3,4)(H,5,6)/q2*+1;/p-2. The summed E-state index contributed by atoms with van der Waals surface area (Å²) in [6, 6.07) is 0. The molecule has 0 unspecified atom stereocenters. The molecular formula is C32H70N2O4P2. The third kappa shape index (κ3) is 26.6. The van der Waals surface area contributed by atoms with E-state index in [4.69, 9.17) is 19.8 Å². The summed E-state index contributed by atoms with van der Waals surface area (Å²) in [7, 11) is 7.70. The third-order valence-electron chi connectivity index (χ3n) is 7.25. The van der Waals surface area contributed by atoms with Gasteiger partial charge in [-0.05, 0) is 66.7 Å². The first-order chi connectivity index (χ1) is 18.8. The van der Waals surface area contributed by atoms with Crippen LogP contribution in [0.2, 0.25) is 0 Å². The van der Waals surface area contributed by atoms with Crippen molar-refractivity contribution in [3.63, 3.8) is 0 Å². The van der Waals surface area contributed by atoms with E-state index in [9.17, 15) is 0 Å². The Bertz CT molecular complexity index is 496. The molecule has 0 rings (SSSR count). The largest absolute Gasteiger partial charge is 0.543 e. The summed E-state index contributed by atoms with van der Waals surface area (Å²) in [5, 5.41) is 17.9. The molecule has 0 saturated heterocycles. The van der Waals surface area contributed by atoms with Gasteiger partial charge in [0.2, 0.25) is 0 Å². The zero-order valence-electron chi connectivity index (χ0n) is 28.6. The van der Waals surface area contributed by atoms with Gasteiger partial charge < -0.3 is 19.8 Å². The Hall–Kier alpha value is -0.280. The number of unbranched alkanes of at least 4 members (excludes halogenated alkanes) is 6. The van der Waals surface area contributed by atoms with E-state index in [0.717, 1.165) is 0 Å². The zero-order chi connectivity index (χ0) is 31.5. The van der Waals surface area contributed by atoms with Crippen LogP contribution in [-0.4, -0.2) is 99.5 Å². The minimum absolute atomic E-state index is 0.676. The highest BCUT2D eigenvalue weighted by atomic mass is 31.2. The predicted molar refractivity (Wildman–Crippen MR) is 180 cm³/mol. The van der Waals surface area contributed by atoms with Gasteiger partial charge in [-0.25, -0.2) is 0 Å². The van der Waals surface area contributed by atoms with Crippen molar-refractivity contribution >= 4 is 26.5 Å². The monoisotopic (exact) mass is 608 g/mol. The summed E-state index contributed by atoms with van der Waals surface area (Å²) in [6.07, 6.45) is 29.0. The van der Waals surface area contributed by atoms with Gasteiger partial charge >= 0.3 is 0 Å². The number of carboxylic acid groups (broad SMARTS) is 2. The van der Waals surface area contributed by atoms with Crippen molar-refractivity contribution in [1.29, 1.82) is 0 Å². The van der Waals surface area contributed by atoms with Crippen LogP contribution in [0.3, 0.4) is 0 Å². The van der Waals surface area contributed by atoms with Gasteiger partial charge in [0.1, 0.15) is 12.6 Å². The molecule has 242 valence electrons. The first-order valence-electron chi connectivity index (χ1n) is 16.3. The SMILES string of the molecule is CCCC[P+](CCCC)(CCCC)CN(C)C.CCCC[P+](CCCC)(CCCC)CN(C)C.O=C([O-])C(=O)[O-]. The van der Waals surface area contributed by atoms with Crippen molar-refractivity contribution in [2.45, 2.75) is 119 Å². The molecule has 0 amide bonds. The molecule has 0 saturated carbocycles. The van der Waals surface area contributed by atoms with Crippen LogP contribution >= 0.6 is 14.5 Å². The first kappa shape index (κ1) is 44.2. The number of nitrogens with zero attached hydrogens (tertiary/aromatic N) is 2. The molecule has 8 heteroatoms. The lowest BCUT2D eigenvalue weighted by molar-refractivity contribution is -0.345. The lowest BCUT2D eigenvalue weighted by Crippen LogP contribution is -2.42. The zero-order valence-corrected chi connectivity index (χ0v) is 30.4. The Morgan fingerprint density at radius 2 is 0.625 bits per heavy atom. The highest BCUT2D eigenvalue weighted by Gasteiger charge is 2.36. The molecule has 0 aliphatic heterocycles. The molecular weight excluding hydrogens is 538 g/mol. The maximum absolute atomic E-state index is 8.93. The van der Waals surface area contributed by atoms with E-state index in [1.807, 2.05) is 0 Å². The van der Waals surface area contributed by atoms with Gasteiger partial charge in [-0.15, -0.1) is 0 Å². The van der Waals surface area contributed by atoms with Crippen LogP contribution in [0.4, 0.5) is 0 Å². The van der Waals surface area contributed by atoms with Crippen LogP contribution in [0.15, 0.2) is 0 Å². The van der Waals surface area contributed by atoms with Crippen LogP contribution in [0.5, 0.6) is 0 Å². The summed E-state index contributed by atoms with van der Waals surface area (Å²) in [4.78, 5) is 22.8. The van der Waals surface area contributed by atoms with Gasteiger partial charge in [0, 0.05) is 14.5 Å². The van der Waals surface area contributed by atoms with Crippen molar-refractivity contribution in [2.24, 2.45) is 0 Å². The lowest BCUT2D eigenvalue weighted by atomic mass is 10.4. The molecule has 0 bridgehead atoms. The lowest BCUT2D eigenvalue weighted by Gasteiger charge is -2.30. The van der Waals surface area contributed by atoms with E-state index < -0.39 is 26.5 Å². The molecule has 0 aromatic rings. The van der Waals surface area contributed by atoms with Gasteiger partial charge in [-0.1, -0.05) is 80.1 Å². The van der Waals surface area contributed by atoms with Crippen molar-refractivity contribution in [1.82, 2.24) is 9.80 Å². The normalized spacial score (nSPS) is 11.6. The fourth-order valence-electron chi connectivity index (χ4n) is 5.26. The third-order valence-corrected chi connectivity index (χ3v) is 17.2. The first-order valence-corrected chi connectivity index (χ1v) is 21.3. The molecule has 0 atom stereocenters. The second-order valence-electron chi connectivity index (χ2n) is 12.2. The minimum Gasteiger partial charge on any atom is -0.543 e. The summed E-state index contributed by atoms with van der Waals surface area (Å²) in [5.41, 5.74) is 0. The Morgan fingerprint density at radius 3 is 0.725 bits per heavy atom. The van der Waals surface area contributed by atoms with Crippen LogP contribution < -0.4 is 10.2 Å². The highest BCUT2D eigenvalue weighted by molar-refractivity contribution is 7.76. The highest BCUT2D eigenvalue weighted by Crippen LogP contribution is 2.61. The van der Waals surface area contributed by atoms with Gasteiger partial charge in [0.15, 0.2) is 0 Å². The van der Waals surface area contributed by atoms with E-state index in [1.54, 1.807) is 37.0 Å². The van der Waals surface area contributed by atoms with Gasteiger partial charge in [0.25, 0.3) is 0 Å². The molecule has 6 nitrogen and oxygen atoms in total. The number of carbonyl (C=O) groups is 2. The van der Waals surface area contributed by atoms with Crippen LogP contribution in [0.1, 0.15) is 119 Å². The van der Waals surface area contributed by atoms with E-state index in [1.165, 1.54) is 89.6 Å². The summed E-state index contributed by atoms with van der Waals surface area (Å²) >= 11 is 0. The van der Waals surface area contributed by atoms with Crippen LogP contribution in [-0.2, 0) is 9.59 Å². The minimum atomic E-state index is -2.19. The maximum atomic E-state index is 8.93. The average molecular weight is 609 g/mol. The molecule has 0 aromatic heterocycles. The number of hydrogen-bond donors (Lipinski definition) is 0. The predicted octanol–water partition coefficient (Wildman–Crippen LogP) is 6.33. The molecule has 0 fully saturated rings. The summed E-state index contributed by atoms with van der Waals surface area (Å²) in [5.74, 6) is -4.37. The molecule has 40 heavy (non-hydrogen) atoms. The smallest absolute Gasteiger partial charge is 0.111 e. The van der Waals surface area contributed by atoms with Crippen molar-refractivity contribution in [2.75, 3.05) is 77.7 Å².